The Balaban J connectivity index is 0.00000625. The molecule has 0 aliphatic heterocycles. The molecule has 0 aromatic heterocycles. The molecule has 1 unspecified atom stereocenters. The van der Waals surface area contributed by atoms with Gasteiger partial charge in [-0.25, -0.2) is 8.42 Å². The lowest BCUT2D eigenvalue weighted by atomic mass is 10.1. The standard InChI is InChI=1S/C18H31N3O3S.HI/c1-14(11-12-25(6,22)23)21-17(19-5)20-13-15-9-7-8-10-16(15)24-18(2,3)4;/h7-10,14H,11-13H2,1-6H3,(H2,19,20,21);1H. The molecule has 1 aromatic rings. The van der Waals surface area contributed by atoms with Crippen molar-refractivity contribution in [1.82, 2.24) is 10.6 Å². The molecule has 0 aliphatic rings. The average Bonchev–Trinajstić information content (AvgIpc) is 2.48. The predicted octanol–water partition coefficient (Wildman–Crippen LogP) is 2.97. The van der Waals surface area contributed by atoms with Gasteiger partial charge in [0.2, 0.25) is 0 Å². The Morgan fingerprint density at radius 2 is 1.88 bits per heavy atom. The van der Waals surface area contributed by atoms with Crippen LogP contribution in [0.5, 0.6) is 5.75 Å². The monoisotopic (exact) mass is 497 g/mol. The number of rotatable bonds is 7. The second-order valence-electron chi connectivity index (χ2n) is 7.21. The first kappa shape index (κ1) is 25.0. The predicted molar refractivity (Wildman–Crippen MR) is 119 cm³/mol. The summed E-state index contributed by atoms with van der Waals surface area (Å²) in [4.78, 5) is 4.20. The van der Waals surface area contributed by atoms with Gasteiger partial charge in [-0.15, -0.1) is 24.0 Å². The maximum atomic E-state index is 11.3. The number of ether oxygens (including phenoxy) is 1. The highest BCUT2D eigenvalue weighted by Crippen LogP contribution is 2.22. The largest absolute Gasteiger partial charge is 0.488 e. The Hall–Kier alpha value is -1.03. The molecule has 0 bridgehead atoms. The fourth-order valence-corrected chi connectivity index (χ4v) is 2.93. The Morgan fingerprint density at radius 1 is 1.27 bits per heavy atom. The van der Waals surface area contributed by atoms with Crippen molar-refractivity contribution in [3.05, 3.63) is 29.8 Å². The lowest BCUT2D eigenvalue weighted by Crippen LogP contribution is -2.42. The molecule has 6 nitrogen and oxygen atoms in total. The maximum absolute atomic E-state index is 11.3. The van der Waals surface area contributed by atoms with E-state index in [9.17, 15) is 8.42 Å². The Kier molecular flexibility index (Phi) is 10.5. The first-order valence-electron chi connectivity index (χ1n) is 8.42. The molecule has 26 heavy (non-hydrogen) atoms. The van der Waals surface area contributed by atoms with E-state index in [4.69, 9.17) is 4.74 Å². The van der Waals surface area contributed by atoms with Crippen LogP contribution in [0.4, 0.5) is 0 Å². The fourth-order valence-electron chi connectivity index (χ4n) is 2.15. The molecule has 0 saturated heterocycles. The molecule has 0 fully saturated rings. The third-order valence-corrected chi connectivity index (χ3v) is 4.34. The minimum atomic E-state index is -2.96. The van der Waals surface area contributed by atoms with Crippen molar-refractivity contribution in [2.45, 2.75) is 52.3 Å². The normalized spacial score (nSPS) is 13.5. The minimum Gasteiger partial charge on any atom is -0.488 e. The van der Waals surface area contributed by atoms with E-state index in [1.165, 1.54) is 6.26 Å². The molecule has 0 spiro atoms. The van der Waals surface area contributed by atoms with Gasteiger partial charge in [-0.05, 0) is 40.2 Å². The van der Waals surface area contributed by atoms with Crippen LogP contribution in [0.15, 0.2) is 29.3 Å². The van der Waals surface area contributed by atoms with Crippen LogP contribution in [0.25, 0.3) is 0 Å². The number of halogens is 1. The van der Waals surface area contributed by atoms with E-state index in [1.807, 2.05) is 52.0 Å². The van der Waals surface area contributed by atoms with Crippen LogP contribution < -0.4 is 15.4 Å². The van der Waals surface area contributed by atoms with Gasteiger partial charge < -0.3 is 15.4 Å². The first-order valence-corrected chi connectivity index (χ1v) is 10.5. The van der Waals surface area contributed by atoms with E-state index in [2.05, 4.69) is 15.6 Å². The molecule has 150 valence electrons. The molecule has 0 saturated carbocycles. The number of para-hydroxylation sites is 1. The molecular weight excluding hydrogens is 465 g/mol. The molecule has 0 amide bonds. The zero-order chi connectivity index (χ0) is 19.1. The Morgan fingerprint density at radius 3 is 2.42 bits per heavy atom. The number of aliphatic imine (C=N–C) groups is 1. The van der Waals surface area contributed by atoms with E-state index < -0.39 is 9.84 Å². The number of sulfone groups is 1. The lowest BCUT2D eigenvalue weighted by Gasteiger charge is -2.24. The molecule has 1 aromatic carbocycles. The summed E-state index contributed by atoms with van der Waals surface area (Å²) in [6.07, 6.45) is 1.78. The zero-order valence-electron chi connectivity index (χ0n) is 16.5. The third kappa shape index (κ3) is 10.8. The van der Waals surface area contributed by atoms with Gasteiger partial charge in [0.25, 0.3) is 0 Å². The smallest absolute Gasteiger partial charge is 0.191 e. The van der Waals surface area contributed by atoms with Crippen LogP contribution in [0, 0.1) is 0 Å². The Bertz CT molecular complexity index is 685. The number of hydrogen-bond acceptors (Lipinski definition) is 4. The molecule has 1 atom stereocenters. The van der Waals surface area contributed by atoms with Gasteiger partial charge in [0, 0.05) is 31.5 Å². The van der Waals surface area contributed by atoms with Crippen molar-refractivity contribution in [3.8, 4) is 5.75 Å². The summed E-state index contributed by atoms with van der Waals surface area (Å²) in [6.45, 7) is 8.54. The SMILES string of the molecule is CN=C(NCc1ccccc1OC(C)(C)C)NC(C)CCS(C)(=O)=O.I. The number of benzene rings is 1. The van der Waals surface area contributed by atoms with Gasteiger partial charge >= 0.3 is 0 Å². The number of nitrogens with one attached hydrogen (secondary N) is 2. The summed E-state index contributed by atoms with van der Waals surface area (Å²) in [5.41, 5.74) is 0.764. The lowest BCUT2D eigenvalue weighted by molar-refractivity contribution is 0.129. The quantitative estimate of drug-likeness (QED) is 0.344. The van der Waals surface area contributed by atoms with Crippen molar-refractivity contribution in [2.24, 2.45) is 4.99 Å². The number of hydrogen-bond donors (Lipinski definition) is 2. The molecular formula is C18H32IN3O3S. The van der Waals surface area contributed by atoms with E-state index >= 15 is 0 Å². The van der Waals surface area contributed by atoms with Gasteiger partial charge in [-0.3, -0.25) is 4.99 Å². The summed E-state index contributed by atoms with van der Waals surface area (Å²) in [5.74, 6) is 1.62. The van der Waals surface area contributed by atoms with Crippen LogP contribution in [0.3, 0.4) is 0 Å². The van der Waals surface area contributed by atoms with Crippen molar-refractivity contribution in [3.63, 3.8) is 0 Å². The van der Waals surface area contributed by atoms with Crippen LogP contribution in [-0.2, 0) is 16.4 Å². The molecule has 0 aliphatic carbocycles. The summed E-state index contributed by atoms with van der Waals surface area (Å²) in [7, 11) is -1.27. The molecule has 2 N–H and O–H groups in total. The van der Waals surface area contributed by atoms with Crippen LogP contribution in [-0.4, -0.2) is 45.1 Å². The number of nitrogens with zero attached hydrogens (tertiary/aromatic N) is 1. The molecule has 0 heterocycles. The summed E-state index contributed by atoms with van der Waals surface area (Å²) < 4.78 is 28.5. The summed E-state index contributed by atoms with van der Waals surface area (Å²) in [6, 6.07) is 7.88. The Labute approximate surface area is 175 Å². The van der Waals surface area contributed by atoms with Crippen molar-refractivity contribution >= 4 is 39.8 Å². The molecule has 0 radical (unpaired) electrons. The van der Waals surface area contributed by atoms with Crippen molar-refractivity contribution in [2.75, 3.05) is 19.1 Å². The van der Waals surface area contributed by atoms with Crippen LogP contribution in [0.1, 0.15) is 39.7 Å². The molecule has 1 rings (SSSR count). The topological polar surface area (TPSA) is 79.8 Å². The van der Waals surface area contributed by atoms with E-state index in [0.29, 0.717) is 18.9 Å². The van der Waals surface area contributed by atoms with Crippen molar-refractivity contribution < 1.29 is 13.2 Å². The summed E-state index contributed by atoms with van der Waals surface area (Å²) in [5, 5.41) is 6.46. The van der Waals surface area contributed by atoms with Gasteiger partial charge in [0.15, 0.2) is 5.96 Å². The summed E-state index contributed by atoms with van der Waals surface area (Å²) >= 11 is 0. The zero-order valence-corrected chi connectivity index (χ0v) is 19.6. The van der Waals surface area contributed by atoms with E-state index in [1.54, 1.807) is 7.05 Å². The van der Waals surface area contributed by atoms with Crippen LogP contribution >= 0.6 is 24.0 Å². The highest BCUT2D eigenvalue weighted by Gasteiger charge is 2.15. The highest BCUT2D eigenvalue weighted by atomic mass is 127. The first-order chi connectivity index (χ1) is 11.5. The fraction of sp³-hybridized carbons (Fsp3) is 0.611. The van der Waals surface area contributed by atoms with Crippen LogP contribution in [0.2, 0.25) is 0 Å². The average molecular weight is 497 g/mol. The van der Waals surface area contributed by atoms with Crippen molar-refractivity contribution in [1.29, 1.82) is 0 Å². The second-order valence-corrected chi connectivity index (χ2v) is 9.47. The third-order valence-electron chi connectivity index (χ3n) is 3.36. The van der Waals surface area contributed by atoms with Gasteiger partial charge in [-0.1, -0.05) is 18.2 Å². The minimum absolute atomic E-state index is 0. The van der Waals surface area contributed by atoms with E-state index in [0.717, 1.165) is 11.3 Å². The number of guanidine groups is 1. The maximum Gasteiger partial charge on any atom is 0.191 e. The second kappa shape index (κ2) is 11.0. The molecule has 8 heteroatoms. The van der Waals surface area contributed by atoms with E-state index in [-0.39, 0.29) is 41.4 Å². The highest BCUT2D eigenvalue weighted by molar-refractivity contribution is 14.0. The van der Waals surface area contributed by atoms with Gasteiger partial charge in [0.1, 0.15) is 21.2 Å². The van der Waals surface area contributed by atoms with Gasteiger partial charge in [0.05, 0.1) is 5.75 Å². The van der Waals surface area contributed by atoms with Gasteiger partial charge in [-0.2, -0.15) is 0 Å².